The Kier molecular flexibility index (Phi) is 4.95. The molecule has 2 rings (SSSR count). The summed E-state index contributed by atoms with van der Waals surface area (Å²) in [7, 11) is 0. The fourth-order valence-corrected chi connectivity index (χ4v) is 2.40. The van der Waals surface area contributed by atoms with Crippen LogP contribution < -0.4 is 5.32 Å². The molecule has 1 aliphatic heterocycles. The molecular formula is C15H18F2N2O3. The number of carbonyl (C=O) groups is 2. The highest BCUT2D eigenvalue weighted by Crippen LogP contribution is 2.27. The molecule has 0 radical (unpaired) electrons. The predicted octanol–water partition coefficient (Wildman–Crippen LogP) is 2.37. The molecular weight excluding hydrogens is 294 g/mol. The summed E-state index contributed by atoms with van der Waals surface area (Å²) in [6.07, 6.45) is -0.261. The van der Waals surface area contributed by atoms with Crippen LogP contribution in [-0.2, 0) is 6.42 Å². The van der Waals surface area contributed by atoms with Crippen molar-refractivity contribution in [3.05, 3.63) is 35.4 Å². The second-order valence-corrected chi connectivity index (χ2v) is 5.29. The van der Waals surface area contributed by atoms with Gasteiger partial charge in [0.25, 0.3) is 5.92 Å². The van der Waals surface area contributed by atoms with E-state index < -0.39 is 11.9 Å². The fraction of sp³-hybridized carbons (Fsp3) is 0.467. The number of nitrogens with zero attached hydrogens (tertiary/aromatic N) is 1. The number of halogens is 2. The van der Waals surface area contributed by atoms with E-state index in [4.69, 9.17) is 5.11 Å². The lowest BCUT2D eigenvalue weighted by atomic mass is 10.0. The Morgan fingerprint density at radius 2 is 1.86 bits per heavy atom. The van der Waals surface area contributed by atoms with Crippen molar-refractivity contribution in [2.24, 2.45) is 0 Å². The SMILES string of the molecule is O=C(O)c1ccccc1CCNC(=O)N1CCC(F)(F)CC1. The Morgan fingerprint density at radius 1 is 1.23 bits per heavy atom. The Balaban J connectivity index is 1.82. The zero-order chi connectivity index (χ0) is 16.2. The average molecular weight is 312 g/mol. The molecule has 0 unspecified atom stereocenters. The second-order valence-electron chi connectivity index (χ2n) is 5.29. The van der Waals surface area contributed by atoms with E-state index in [0.717, 1.165) is 0 Å². The van der Waals surface area contributed by atoms with Crippen molar-refractivity contribution in [1.82, 2.24) is 10.2 Å². The molecule has 2 amide bonds. The van der Waals surface area contributed by atoms with Crippen LogP contribution in [0.25, 0.3) is 0 Å². The molecule has 1 saturated heterocycles. The van der Waals surface area contributed by atoms with Crippen molar-refractivity contribution >= 4 is 12.0 Å². The van der Waals surface area contributed by atoms with Crippen LogP contribution in [0.3, 0.4) is 0 Å². The summed E-state index contributed by atoms with van der Waals surface area (Å²) in [5, 5.41) is 11.7. The minimum absolute atomic E-state index is 0.0323. The Bertz CT molecular complexity index is 553. The topological polar surface area (TPSA) is 69.6 Å². The van der Waals surface area contributed by atoms with Gasteiger partial charge in [-0.15, -0.1) is 0 Å². The van der Waals surface area contributed by atoms with Gasteiger partial charge in [0.2, 0.25) is 0 Å². The number of benzene rings is 1. The first-order valence-electron chi connectivity index (χ1n) is 7.11. The van der Waals surface area contributed by atoms with Crippen molar-refractivity contribution < 1.29 is 23.5 Å². The minimum Gasteiger partial charge on any atom is -0.478 e. The normalized spacial score (nSPS) is 17.1. The fourth-order valence-electron chi connectivity index (χ4n) is 2.40. The van der Waals surface area contributed by atoms with E-state index in [9.17, 15) is 18.4 Å². The molecule has 1 aliphatic rings. The van der Waals surface area contributed by atoms with Gasteiger partial charge in [0.1, 0.15) is 0 Å². The number of carboxylic acids is 1. The molecule has 0 spiro atoms. The highest BCUT2D eigenvalue weighted by Gasteiger charge is 2.35. The zero-order valence-corrected chi connectivity index (χ0v) is 12.0. The number of piperidine rings is 1. The molecule has 1 fully saturated rings. The summed E-state index contributed by atoms with van der Waals surface area (Å²) in [6, 6.07) is 6.18. The highest BCUT2D eigenvalue weighted by molar-refractivity contribution is 5.89. The molecule has 2 N–H and O–H groups in total. The van der Waals surface area contributed by atoms with Gasteiger partial charge in [0, 0.05) is 32.5 Å². The summed E-state index contributed by atoms with van der Waals surface area (Å²) in [5.74, 6) is -3.70. The van der Waals surface area contributed by atoms with Crippen LogP contribution in [0.15, 0.2) is 24.3 Å². The Hall–Kier alpha value is -2.18. The third kappa shape index (κ3) is 4.16. The number of carboxylic acid groups (broad SMARTS) is 1. The van der Waals surface area contributed by atoms with Crippen LogP contribution in [0.5, 0.6) is 0 Å². The van der Waals surface area contributed by atoms with Gasteiger partial charge < -0.3 is 15.3 Å². The summed E-state index contributed by atoms with van der Waals surface area (Å²) in [6.45, 7) is 0.325. The molecule has 1 aromatic rings. The zero-order valence-electron chi connectivity index (χ0n) is 12.0. The molecule has 22 heavy (non-hydrogen) atoms. The van der Waals surface area contributed by atoms with Crippen LogP contribution in [0.4, 0.5) is 13.6 Å². The Labute approximate surface area is 126 Å². The van der Waals surface area contributed by atoms with Crippen molar-refractivity contribution in [1.29, 1.82) is 0 Å². The maximum atomic E-state index is 13.0. The first kappa shape index (κ1) is 16.2. The number of aromatic carboxylic acids is 1. The summed E-state index contributed by atoms with van der Waals surface area (Å²) in [4.78, 5) is 24.3. The third-order valence-electron chi connectivity index (χ3n) is 3.70. The summed E-state index contributed by atoms with van der Waals surface area (Å²) < 4.78 is 26.0. The maximum absolute atomic E-state index is 13.0. The largest absolute Gasteiger partial charge is 0.478 e. The molecule has 0 bridgehead atoms. The number of likely N-dealkylation sites (tertiary alicyclic amines) is 1. The molecule has 5 nitrogen and oxygen atoms in total. The maximum Gasteiger partial charge on any atom is 0.335 e. The van der Waals surface area contributed by atoms with Gasteiger partial charge in [-0.3, -0.25) is 0 Å². The van der Waals surface area contributed by atoms with Crippen LogP contribution in [0.1, 0.15) is 28.8 Å². The van der Waals surface area contributed by atoms with Crippen LogP contribution >= 0.6 is 0 Å². The smallest absolute Gasteiger partial charge is 0.335 e. The van der Waals surface area contributed by atoms with E-state index in [2.05, 4.69) is 5.32 Å². The van der Waals surface area contributed by atoms with Gasteiger partial charge >= 0.3 is 12.0 Å². The van der Waals surface area contributed by atoms with Gasteiger partial charge in [0.15, 0.2) is 0 Å². The number of urea groups is 1. The predicted molar refractivity (Wildman–Crippen MR) is 76.3 cm³/mol. The Morgan fingerprint density at radius 3 is 2.50 bits per heavy atom. The number of hydrogen-bond donors (Lipinski definition) is 2. The molecule has 120 valence electrons. The molecule has 0 aromatic heterocycles. The van der Waals surface area contributed by atoms with Crippen LogP contribution in [-0.4, -0.2) is 47.6 Å². The molecule has 1 aromatic carbocycles. The lowest BCUT2D eigenvalue weighted by molar-refractivity contribution is -0.0469. The average Bonchev–Trinajstić information content (AvgIpc) is 2.47. The quantitative estimate of drug-likeness (QED) is 0.897. The van der Waals surface area contributed by atoms with Gasteiger partial charge in [-0.2, -0.15) is 0 Å². The van der Waals surface area contributed by atoms with E-state index in [-0.39, 0.29) is 44.1 Å². The number of rotatable bonds is 4. The van der Waals surface area contributed by atoms with E-state index in [1.54, 1.807) is 18.2 Å². The minimum atomic E-state index is -2.68. The molecule has 0 atom stereocenters. The van der Waals surface area contributed by atoms with Gasteiger partial charge in [-0.1, -0.05) is 18.2 Å². The summed E-state index contributed by atoms with van der Waals surface area (Å²) >= 11 is 0. The van der Waals surface area contributed by atoms with Crippen LogP contribution in [0, 0.1) is 0 Å². The van der Waals surface area contributed by atoms with Gasteiger partial charge in [0.05, 0.1) is 5.56 Å². The lowest BCUT2D eigenvalue weighted by Gasteiger charge is -2.31. The van der Waals surface area contributed by atoms with E-state index in [1.165, 1.54) is 11.0 Å². The molecule has 0 saturated carbocycles. The van der Waals surface area contributed by atoms with E-state index >= 15 is 0 Å². The second kappa shape index (κ2) is 6.72. The van der Waals surface area contributed by atoms with Crippen molar-refractivity contribution in [2.75, 3.05) is 19.6 Å². The molecule has 1 heterocycles. The molecule has 7 heteroatoms. The van der Waals surface area contributed by atoms with E-state index in [0.29, 0.717) is 12.0 Å². The van der Waals surface area contributed by atoms with Gasteiger partial charge in [-0.05, 0) is 18.1 Å². The van der Waals surface area contributed by atoms with Crippen molar-refractivity contribution in [3.63, 3.8) is 0 Å². The highest BCUT2D eigenvalue weighted by atomic mass is 19.3. The number of hydrogen-bond acceptors (Lipinski definition) is 2. The first-order valence-corrected chi connectivity index (χ1v) is 7.11. The van der Waals surface area contributed by atoms with Crippen molar-refractivity contribution in [3.8, 4) is 0 Å². The number of alkyl halides is 2. The number of carbonyl (C=O) groups excluding carboxylic acids is 1. The van der Waals surface area contributed by atoms with Gasteiger partial charge in [-0.25, -0.2) is 18.4 Å². The van der Waals surface area contributed by atoms with Crippen LogP contribution in [0.2, 0.25) is 0 Å². The standard InChI is InChI=1S/C15H18F2N2O3/c16-15(17)6-9-19(10-7-15)14(22)18-8-5-11-3-1-2-4-12(11)13(20)21/h1-4H,5-10H2,(H,18,22)(H,20,21). The lowest BCUT2D eigenvalue weighted by Crippen LogP contribution is -2.47. The molecule has 0 aliphatic carbocycles. The third-order valence-corrected chi connectivity index (χ3v) is 3.70. The van der Waals surface area contributed by atoms with Crippen molar-refractivity contribution in [2.45, 2.75) is 25.2 Å². The number of nitrogens with one attached hydrogen (secondary N) is 1. The number of amides is 2. The monoisotopic (exact) mass is 312 g/mol. The first-order chi connectivity index (χ1) is 10.4. The van der Waals surface area contributed by atoms with E-state index in [1.807, 2.05) is 0 Å². The summed E-state index contributed by atoms with van der Waals surface area (Å²) in [5.41, 5.74) is 0.829.